The van der Waals surface area contributed by atoms with Crippen LogP contribution in [0.2, 0.25) is 10.0 Å². The first-order valence-electron chi connectivity index (χ1n) is 7.42. The van der Waals surface area contributed by atoms with Gasteiger partial charge in [-0.1, -0.05) is 35.3 Å². The van der Waals surface area contributed by atoms with Crippen molar-refractivity contribution in [3.8, 4) is 0 Å². The number of hydrogen-bond donors (Lipinski definition) is 1. The third kappa shape index (κ3) is 2.92. The summed E-state index contributed by atoms with van der Waals surface area (Å²) in [5.41, 5.74) is 1.18. The Morgan fingerprint density at radius 1 is 1.38 bits per heavy atom. The predicted octanol–water partition coefficient (Wildman–Crippen LogP) is 3.34. The van der Waals surface area contributed by atoms with Crippen LogP contribution >= 0.6 is 23.2 Å². The van der Waals surface area contributed by atoms with Crippen molar-refractivity contribution in [2.45, 2.75) is 25.8 Å². The predicted molar refractivity (Wildman–Crippen MR) is 85.6 cm³/mol. The molecular formula is C16H20Cl2N2O. The number of nitrogens with one attached hydrogen (secondary N) is 1. The Morgan fingerprint density at radius 3 is 2.81 bits per heavy atom. The number of benzene rings is 1. The van der Waals surface area contributed by atoms with Gasteiger partial charge in [0.15, 0.2) is 0 Å². The van der Waals surface area contributed by atoms with E-state index < -0.39 is 0 Å². The fourth-order valence-corrected chi connectivity index (χ4v) is 3.82. The molecule has 0 bridgehead atoms. The molecule has 1 amide bonds. The Balaban J connectivity index is 1.65. The van der Waals surface area contributed by atoms with Crippen molar-refractivity contribution in [1.82, 2.24) is 10.2 Å². The van der Waals surface area contributed by atoms with E-state index >= 15 is 0 Å². The topological polar surface area (TPSA) is 32.3 Å². The molecule has 2 fully saturated rings. The number of carbonyl (C=O) groups is 1. The molecule has 1 saturated carbocycles. The van der Waals surface area contributed by atoms with Crippen LogP contribution in [-0.4, -0.2) is 30.9 Å². The van der Waals surface area contributed by atoms with Crippen LogP contribution in [0.4, 0.5) is 0 Å². The molecule has 1 aliphatic carbocycles. The molecule has 3 rings (SSSR count). The quantitative estimate of drug-likeness (QED) is 0.923. The van der Waals surface area contributed by atoms with Crippen LogP contribution in [0.1, 0.15) is 24.8 Å². The Morgan fingerprint density at radius 2 is 2.10 bits per heavy atom. The zero-order valence-corrected chi connectivity index (χ0v) is 13.7. The molecule has 1 aliphatic heterocycles. The maximum Gasteiger partial charge on any atom is 0.226 e. The Labute approximate surface area is 135 Å². The fraction of sp³-hybridized carbons (Fsp3) is 0.562. The van der Waals surface area contributed by atoms with Gasteiger partial charge in [0, 0.05) is 19.5 Å². The molecule has 1 heterocycles. The molecule has 1 spiro atoms. The van der Waals surface area contributed by atoms with E-state index in [0.717, 1.165) is 37.9 Å². The second kappa shape index (κ2) is 5.79. The lowest BCUT2D eigenvalue weighted by Crippen LogP contribution is -2.34. The van der Waals surface area contributed by atoms with E-state index in [4.69, 9.17) is 23.2 Å². The minimum absolute atomic E-state index is 0.197. The lowest BCUT2D eigenvalue weighted by Gasteiger charge is -2.25. The van der Waals surface area contributed by atoms with Gasteiger partial charge in [0.2, 0.25) is 5.91 Å². The summed E-state index contributed by atoms with van der Waals surface area (Å²) >= 11 is 12.2. The van der Waals surface area contributed by atoms with Crippen LogP contribution in [-0.2, 0) is 11.3 Å². The molecule has 0 radical (unpaired) electrons. The highest BCUT2D eigenvalue weighted by atomic mass is 35.5. The highest BCUT2D eigenvalue weighted by Gasteiger charge is 2.58. The summed E-state index contributed by atoms with van der Waals surface area (Å²) in [4.78, 5) is 14.4. The maximum atomic E-state index is 12.6. The van der Waals surface area contributed by atoms with Gasteiger partial charge in [-0.2, -0.15) is 0 Å². The summed E-state index contributed by atoms with van der Waals surface area (Å²) in [6.45, 7) is 2.59. The van der Waals surface area contributed by atoms with Crippen LogP contribution in [0, 0.1) is 11.3 Å². The first kappa shape index (κ1) is 15.1. The van der Waals surface area contributed by atoms with Gasteiger partial charge in [0.25, 0.3) is 0 Å². The summed E-state index contributed by atoms with van der Waals surface area (Å²) in [6.07, 6.45) is 3.28. The second-order valence-corrected chi connectivity index (χ2v) is 7.06. The molecule has 114 valence electrons. The summed E-state index contributed by atoms with van der Waals surface area (Å²) in [6, 6.07) is 5.55. The summed E-state index contributed by atoms with van der Waals surface area (Å²) < 4.78 is 0. The summed E-state index contributed by atoms with van der Waals surface area (Å²) in [5.74, 6) is 0.440. The summed E-state index contributed by atoms with van der Waals surface area (Å²) in [5, 5.41) is 4.45. The zero-order valence-electron chi connectivity index (χ0n) is 12.2. The Kier molecular flexibility index (Phi) is 4.17. The molecule has 1 aromatic carbocycles. The molecule has 1 unspecified atom stereocenters. The van der Waals surface area contributed by atoms with Crippen molar-refractivity contribution in [2.75, 3.05) is 20.1 Å². The third-order valence-electron chi connectivity index (χ3n) is 4.90. The van der Waals surface area contributed by atoms with Gasteiger partial charge >= 0.3 is 0 Å². The SMILES string of the molecule is CN(Cc1cccc(Cl)c1Cl)C(=O)C1CC12CCNCC2. The standard InChI is InChI=1S/C16H20Cl2N2O/c1-20(10-11-3-2-4-13(17)14(11)18)15(21)12-9-16(12)5-7-19-8-6-16/h2-4,12,19H,5-10H2,1H3. The number of rotatable bonds is 3. The molecule has 1 atom stereocenters. The van der Waals surface area contributed by atoms with Gasteiger partial charge in [-0.15, -0.1) is 0 Å². The van der Waals surface area contributed by atoms with Gasteiger partial charge in [-0.05, 0) is 49.4 Å². The smallest absolute Gasteiger partial charge is 0.226 e. The third-order valence-corrected chi connectivity index (χ3v) is 5.76. The van der Waals surface area contributed by atoms with Gasteiger partial charge in [-0.3, -0.25) is 4.79 Å². The van der Waals surface area contributed by atoms with Gasteiger partial charge in [0.1, 0.15) is 0 Å². The van der Waals surface area contributed by atoms with Crippen molar-refractivity contribution in [2.24, 2.45) is 11.3 Å². The number of amides is 1. The van der Waals surface area contributed by atoms with E-state index in [1.165, 1.54) is 0 Å². The molecule has 2 aliphatic rings. The molecular weight excluding hydrogens is 307 g/mol. The van der Waals surface area contributed by atoms with E-state index in [2.05, 4.69) is 5.32 Å². The highest BCUT2D eigenvalue weighted by Crippen LogP contribution is 2.59. The number of halogens is 2. The highest BCUT2D eigenvalue weighted by molar-refractivity contribution is 6.42. The van der Waals surface area contributed by atoms with E-state index in [9.17, 15) is 4.79 Å². The number of hydrogen-bond acceptors (Lipinski definition) is 2. The van der Waals surface area contributed by atoms with Gasteiger partial charge in [-0.25, -0.2) is 0 Å². The monoisotopic (exact) mass is 326 g/mol. The number of nitrogens with zero attached hydrogens (tertiary/aromatic N) is 1. The average molecular weight is 327 g/mol. The number of piperidine rings is 1. The lowest BCUT2D eigenvalue weighted by atomic mass is 9.91. The zero-order chi connectivity index (χ0) is 15.0. The Bertz CT molecular complexity index is 555. The fourth-order valence-electron chi connectivity index (χ4n) is 3.44. The first-order chi connectivity index (χ1) is 10.0. The van der Waals surface area contributed by atoms with Crippen molar-refractivity contribution >= 4 is 29.1 Å². The normalized spacial score (nSPS) is 23.1. The maximum absolute atomic E-state index is 12.6. The van der Waals surface area contributed by atoms with Crippen LogP contribution in [0.3, 0.4) is 0 Å². The van der Waals surface area contributed by atoms with Gasteiger partial charge < -0.3 is 10.2 Å². The molecule has 1 aromatic rings. The molecule has 1 N–H and O–H groups in total. The van der Waals surface area contributed by atoms with Crippen molar-refractivity contribution < 1.29 is 4.79 Å². The lowest BCUT2D eigenvalue weighted by molar-refractivity contribution is -0.132. The largest absolute Gasteiger partial charge is 0.341 e. The van der Waals surface area contributed by atoms with E-state index in [0.29, 0.717) is 16.6 Å². The van der Waals surface area contributed by atoms with Crippen molar-refractivity contribution in [3.63, 3.8) is 0 Å². The van der Waals surface area contributed by atoms with Crippen LogP contribution in [0.5, 0.6) is 0 Å². The number of carbonyl (C=O) groups excluding carboxylic acids is 1. The van der Waals surface area contributed by atoms with Gasteiger partial charge in [0.05, 0.1) is 10.0 Å². The van der Waals surface area contributed by atoms with E-state index in [1.54, 1.807) is 11.0 Å². The molecule has 21 heavy (non-hydrogen) atoms. The molecule has 1 saturated heterocycles. The van der Waals surface area contributed by atoms with Crippen molar-refractivity contribution in [1.29, 1.82) is 0 Å². The summed E-state index contributed by atoms with van der Waals surface area (Å²) in [7, 11) is 1.85. The first-order valence-corrected chi connectivity index (χ1v) is 8.18. The minimum atomic E-state index is 0.197. The van der Waals surface area contributed by atoms with Crippen LogP contribution in [0.15, 0.2) is 18.2 Å². The van der Waals surface area contributed by atoms with Crippen molar-refractivity contribution in [3.05, 3.63) is 33.8 Å². The molecule has 5 heteroatoms. The van der Waals surface area contributed by atoms with E-state index in [1.807, 2.05) is 19.2 Å². The molecule has 0 aromatic heterocycles. The minimum Gasteiger partial charge on any atom is -0.341 e. The van der Waals surface area contributed by atoms with Crippen LogP contribution < -0.4 is 5.32 Å². The average Bonchev–Trinajstić information content (AvgIpc) is 3.17. The van der Waals surface area contributed by atoms with Crippen LogP contribution in [0.25, 0.3) is 0 Å². The Hall–Kier alpha value is -0.770. The molecule has 3 nitrogen and oxygen atoms in total. The van der Waals surface area contributed by atoms with E-state index in [-0.39, 0.29) is 17.2 Å². The second-order valence-electron chi connectivity index (χ2n) is 6.28.